The first-order valence-corrected chi connectivity index (χ1v) is 10.9. The second-order valence-corrected chi connectivity index (χ2v) is 8.08. The predicted octanol–water partition coefficient (Wildman–Crippen LogP) is 5.41. The lowest BCUT2D eigenvalue weighted by atomic mass is 10.2. The van der Waals surface area contributed by atoms with Crippen molar-refractivity contribution in [1.82, 2.24) is 14.2 Å². The van der Waals surface area contributed by atoms with Crippen molar-refractivity contribution < 1.29 is 0 Å². The summed E-state index contributed by atoms with van der Waals surface area (Å²) < 4.78 is 3.66. The van der Waals surface area contributed by atoms with Crippen LogP contribution in [-0.4, -0.2) is 20.4 Å². The van der Waals surface area contributed by atoms with Crippen molar-refractivity contribution in [3.63, 3.8) is 0 Å². The summed E-state index contributed by atoms with van der Waals surface area (Å²) in [6.07, 6.45) is 1.76. The minimum Gasteiger partial charge on any atom is -0.344 e. The Hall–Kier alpha value is -4.25. The summed E-state index contributed by atoms with van der Waals surface area (Å²) in [4.78, 5) is 18.1. The van der Waals surface area contributed by atoms with Gasteiger partial charge in [-0.2, -0.15) is 9.78 Å². The minimum absolute atomic E-state index is 0.186. The van der Waals surface area contributed by atoms with E-state index in [4.69, 9.17) is 4.98 Å². The van der Waals surface area contributed by atoms with Crippen molar-refractivity contribution in [1.29, 1.82) is 0 Å². The second kappa shape index (κ2) is 8.71. The average Bonchev–Trinajstić information content (AvgIpc) is 3.12. The van der Waals surface area contributed by atoms with Gasteiger partial charge in [-0.05, 0) is 37.6 Å². The SMILES string of the molecule is Cc1cc(C=Nn2c(-c3ccccc3)nc3ccccc3c2=O)c(C)n1Cc1ccccc1. The molecule has 0 radical (unpaired) electrons. The van der Waals surface area contributed by atoms with E-state index < -0.39 is 0 Å². The molecule has 0 unspecified atom stereocenters. The van der Waals surface area contributed by atoms with E-state index in [0.717, 1.165) is 29.1 Å². The van der Waals surface area contributed by atoms with Gasteiger partial charge in [0.1, 0.15) is 0 Å². The highest BCUT2D eigenvalue weighted by Gasteiger charge is 2.13. The van der Waals surface area contributed by atoms with Crippen LogP contribution in [0.15, 0.2) is 101 Å². The Morgan fingerprint density at radius 3 is 2.30 bits per heavy atom. The summed E-state index contributed by atoms with van der Waals surface area (Å²) >= 11 is 0. The highest BCUT2D eigenvalue weighted by atomic mass is 16.1. The Balaban J connectivity index is 1.60. The molecule has 0 bridgehead atoms. The van der Waals surface area contributed by atoms with E-state index >= 15 is 0 Å². The zero-order valence-corrected chi connectivity index (χ0v) is 18.6. The van der Waals surface area contributed by atoms with Crippen molar-refractivity contribution >= 4 is 17.1 Å². The molecular weight excluding hydrogens is 408 g/mol. The summed E-state index contributed by atoms with van der Waals surface area (Å²) in [5.41, 5.74) is 5.77. The van der Waals surface area contributed by atoms with Crippen LogP contribution < -0.4 is 5.56 Å². The van der Waals surface area contributed by atoms with Gasteiger partial charge in [-0.15, -0.1) is 0 Å². The number of hydrogen-bond acceptors (Lipinski definition) is 3. The maximum absolute atomic E-state index is 13.3. The third kappa shape index (κ3) is 4.01. The Morgan fingerprint density at radius 1 is 0.879 bits per heavy atom. The molecule has 0 atom stereocenters. The minimum atomic E-state index is -0.186. The number of hydrogen-bond donors (Lipinski definition) is 0. The molecule has 5 nitrogen and oxygen atoms in total. The van der Waals surface area contributed by atoms with E-state index in [2.05, 4.69) is 53.8 Å². The molecule has 0 saturated heterocycles. The van der Waals surface area contributed by atoms with Crippen LogP contribution in [0.4, 0.5) is 0 Å². The van der Waals surface area contributed by atoms with Gasteiger partial charge in [0.2, 0.25) is 0 Å². The van der Waals surface area contributed by atoms with Crippen molar-refractivity contribution in [3.8, 4) is 11.4 Å². The number of nitrogens with zero attached hydrogens (tertiary/aromatic N) is 4. The summed E-state index contributed by atoms with van der Waals surface area (Å²) in [7, 11) is 0. The molecule has 33 heavy (non-hydrogen) atoms. The maximum Gasteiger partial charge on any atom is 0.282 e. The van der Waals surface area contributed by atoms with Crippen LogP contribution >= 0.6 is 0 Å². The lowest BCUT2D eigenvalue weighted by Gasteiger charge is -2.10. The summed E-state index contributed by atoms with van der Waals surface area (Å²) in [5.74, 6) is 0.522. The predicted molar refractivity (Wildman–Crippen MR) is 134 cm³/mol. The van der Waals surface area contributed by atoms with Crippen LogP contribution in [0, 0.1) is 13.8 Å². The molecule has 0 aliphatic carbocycles. The number of rotatable bonds is 5. The fourth-order valence-electron chi connectivity index (χ4n) is 4.09. The van der Waals surface area contributed by atoms with Crippen LogP contribution in [0.25, 0.3) is 22.3 Å². The third-order valence-electron chi connectivity index (χ3n) is 5.89. The first kappa shape index (κ1) is 20.6. The molecular formula is C28H24N4O. The van der Waals surface area contributed by atoms with Gasteiger partial charge >= 0.3 is 0 Å². The first-order valence-electron chi connectivity index (χ1n) is 10.9. The lowest BCUT2D eigenvalue weighted by Crippen LogP contribution is -2.20. The summed E-state index contributed by atoms with van der Waals surface area (Å²) in [6, 6.07) is 29.5. The number of benzene rings is 3. The van der Waals surface area contributed by atoms with Crippen molar-refractivity contribution in [3.05, 3.63) is 124 Å². The normalized spacial score (nSPS) is 11.5. The van der Waals surface area contributed by atoms with Crippen molar-refractivity contribution in [2.45, 2.75) is 20.4 Å². The van der Waals surface area contributed by atoms with E-state index in [1.807, 2.05) is 54.6 Å². The van der Waals surface area contributed by atoms with Gasteiger partial charge in [0.15, 0.2) is 5.82 Å². The largest absolute Gasteiger partial charge is 0.344 e. The molecule has 0 aliphatic rings. The molecule has 2 aromatic heterocycles. The number of fused-ring (bicyclic) bond motifs is 1. The highest BCUT2D eigenvalue weighted by molar-refractivity contribution is 5.83. The average molecular weight is 433 g/mol. The van der Waals surface area contributed by atoms with Crippen LogP contribution in [0.2, 0.25) is 0 Å². The Kier molecular flexibility index (Phi) is 5.45. The summed E-state index contributed by atoms with van der Waals surface area (Å²) in [6.45, 7) is 4.96. The zero-order chi connectivity index (χ0) is 22.8. The van der Waals surface area contributed by atoms with Crippen LogP contribution in [0.3, 0.4) is 0 Å². The van der Waals surface area contributed by atoms with E-state index in [1.165, 1.54) is 10.2 Å². The van der Waals surface area contributed by atoms with Crippen molar-refractivity contribution in [2.75, 3.05) is 0 Å². The summed E-state index contributed by atoms with van der Waals surface area (Å²) in [5, 5.41) is 5.17. The zero-order valence-electron chi connectivity index (χ0n) is 18.6. The first-order chi connectivity index (χ1) is 16.1. The van der Waals surface area contributed by atoms with E-state index in [9.17, 15) is 4.79 Å². The second-order valence-electron chi connectivity index (χ2n) is 8.08. The van der Waals surface area contributed by atoms with Gasteiger partial charge in [0, 0.05) is 29.1 Å². The van der Waals surface area contributed by atoms with E-state index in [0.29, 0.717) is 16.7 Å². The third-order valence-corrected chi connectivity index (χ3v) is 5.89. The van der Waals surface area contributed by atoms with Gasteiger partial charge in [-0.25, -0.2) is 4.98 Å². The maximum atomic E-state index is 13.3. The molecule has 5 aromatic rings. The molecule has 0 amide bonds. The van der Waals surface area contributed by atoms with Gasteiger partial charge in [-0.1, -0.05) is 72.8 Å². The molecule has 0 aliphatic heterocycles. The fraction of sp³-hybridized carbons (Fsp3) is 0.107. The lowest BCUT2D eigenvalue weighted by molar-refractivity contribution is 0.749. The van der Waals surface area contributed by atoms with Gasteiger partial charge in [-0.3, -0.25) is 4.79 Å². The van der Waals surface area contributed by atoms with Gasteiger partial charge in [0.25, 0.3) is 5.56 Å². The van der Waals surface area contributed by atoms with Gasteiger partial charge in [0.05, 0.1) is 17.1 Å². The quantitative estimate of drug-likeness (QED) is 0.349. The van der Waals surface area contributed by atoms with Crippen LogP contribution in [0.5, 0.6) is 0 Å². The molecule has 162 valence electrons. The number of aryl methyl sites for hydroxylation is 1. The van der Waals surface area contributed by atoms with Crippen molar-refractivity contribution in [2.24, 2.45) is 5.10 Å². The molecule has 5 heteroatoms. The molecule has 0 N–H and O–H groups in total. The molecule has 0 fully saturated rings. The molecule has 2 heterocycles. The fourth-order valence-corrected chi connectivity index (χ4v) is 4.09. The van der Waals surface area contributed by atoms with E-state index in [1.54, 1.807) is 12.3 Å². The van der Waals surface area contributed by atoms with Crippen LogP contribution in [0.1, 0.15) is 22.5 Å². The molecule has 0 spiro atoms. The Labute approximate surface area is 192 Å². The van der Waals surface area contributed by atoms with E-state index in [-0.39, 0.29) is 5.56 Å². The topological polar surface area (TPSA) is 52.2 Å². The highest BCUT2D eigenvalue weighted by Crippen LogP contribution is 2.20. The number of aromatic nitrogens is 3. The monoisotopic (exact) mass is 432 g/mol. The molecule has 5 rings (SSSR count). The smallest absolute Gasteiger partial charge is 0.282 e. The number of para-hydroxylation sites is 1. The Morgan fingerprint density at radius 2 is 1.55 bits per heavy atom. The Bertz CT molecular complexity index is 1510. The molecule has 3 aromatic carbocycles. The van der Waals surface area contributed by atoms with Gasteiger partial charge < -0.3 is 4.57 Å². The standard InChI is InChI=1S/C28H24N4O/c1-20-17-24(21(2)31(20)19-22-11-5-3-6-12-22)18-29-32-27(23-13-7-4-8-14-23)30-26-16-10-9-15-25(26)28(32)33/h3-18H,19H2,1-2H3. The molecule has 0 saturated carbocycles. The van der Waals surface area contributed by atoms with Crippen LogP contribution in [-0.2, 0) is 6.54 Å².